The van der Waals surface area contributed by atoms with Gasteiger partial charge in [-0.05, 0) is 31.2 Å². The SMILES string of the molecule is CCN(Cc1cccs1)C(=O)C(CC)(CC)C(N)=S. The molecule has 0 saturated carbocycles. The summed E-state index contributed by atoms with van der Waals surface area (Å²) in [5.41, 5.74) is 5.15. The summed E-state index contributed by atoms with van der Waals surface area (Å²) in [7, 11) is 0. The second-order valence-corrected chi connectivity index (χ2v) is 6.02. The van der Waals surface area contributed by atoms with Gasteiger partial charge in [0.25, 0.3) is 0 Å². The molecule has 1 amide bonds. The maximum Gasteiger partial charge on any atom is 0.235 e. The van der Waals surface area contributed by atoms with Crippen molar-refractivity contribution in [3.8, 4) is 0 Å². The maximum atomic E-state index is 12.8. The number of nitrogens with zero attached hydrogens (tertiary/aromatic N) is 1. The Morgan fingerprint density at radius 2 is 2.05 bits per heavy atom. The molecule has 0 saturated heterocycles. The molecule has 5 heteroatoms. The largest absolute Gasteiger partial charge is 0.392 e. The zero-order valence-corrected chi connectivity index (χ0v) is 13.4. The molecule has 1 rings (SSSR count). The minimum Gasteiger partial charge on any atom is -0.392 e. The molecule has 1 heterocycles. The lowest BCUT2D eigenvalue weighted by Gasteiger charge is -2.34. The smallest absolute Gasteiger partial charge is 0.235 e. The summed E-state index contributed by atoms with van der Waals surface area (Å²) >= 11 is 6.81. The van der Waals surface area contributed by atoms with E-state index in [0.717, 1.165) is 0 Å². The summed E-state index contributed by atoms with van der Waals surface area (Å²) in [5.74, 6) is 0.0564. The molecule has 2 N–H and O–H groups in total. The van der Waals surface area contributed by atoms with Gasteiger partial charge in [-0.2, -0.15) is 0 Å². The summed E-state index contributed by atoms with van der Waals surface area (Å²) in [5, 5.41) is 2.02. The van der Waals surface area contributed by atoms with Crippen LogP contribution in [0.1, 0.15) is 38.5 Å². The van der Waals surface area contributed by atoms with Gasteiger partial charge in [0.05, 0.1) is 16.9 Å². The molecule has 0 unspecified atom stereocenters. The van der Waals surface area contributed by atoms with Crippen molar-refractivity contribution in [1.82, 2.24) is 4.90 Å². The van der Waals surface area contributed by atoms with Crippen molar-refractivity contribution in [3.63, 3.8) is 0 Å². The quantitative estimate of drug-likeness (QED) is 0.786. The van der Waals surface area contributed by atoms with Crippen LogP contribution in [0, 0.1) is 5.41 Å². The summed E-state index contributed by atoms with van der Waals surface area (Å²) < 4.78 is 0. The molecule has 0 aliphatic carbocycles. The molecule has 1 aromatic heterocycles. The van der Waals surface area contributed by atoms with Crippen molar-refractivity contribution in [3.05, 3.63) is 22.4 Å². The molecule has 1 aromatic rings. The third kappa shape index (κ3) is 3.34. The number of rotatable bonds is 7. The Morgan fingerprint density at radius 3 is 2.42 bits per heavy atom. The van der Waals surface area contributed by atoms with Gasteiger partial charge in [0.1, 0.15) is 0 Å². The van der Waals surface area contributed by atoms with Gasteiger partial charge in [-0.3, -0.25) is 4.79 Å². The van der Waals surface area contributed by atoms with Gasteiger partial charge in [-0.1, -0.05) is 32.1 Å². The number of thiocarbonyl (C=S) groups is 1. The van der Waals surface area contributed by atoms with Gasteiger partial charge in [-0.25, -0.2) is 0 Å². The fraction of sp³-hybridized carbons (Fsp3) is 0.571. The minimum atomic E-state index is -0.692. The maximum absolute atomic E-state index is 12.8. The molecular formula is C14H22N2OS2. The first-order valence-corrected chi connectivity index (χ1v) is 7.92. The first kappa shape index (κ1) is 16.1. The molecule has 0 fully saturated rings. The highest BCUT2D eigenvalue weighted by molar-refractivity contribution is 7.80. The molecule has 0 aliphatic heterocycles. The topological polar surface area (TPSA) is 46.3 Å². The Kier molecular flexibility index (Phi) is 5.94. The molecule has 0 aromatic carbocycles. The van der Waals surface area contributed by atoms with Gasteiger partial charge in [-0.15, -0.1) is 11.3 Å². The second kappa shape index (κ2) is 7.01. The summed E-state index contributed by atoms with van der Waals surface area (Å²) in [6.07, 6.45) is 1.30. The third-order valence-electron chi connectivity index (χ3n) is 3.68. The van der Waals surface area contributed by atoms with Crippen LogP contribution in [0.3, 0.4) is 0 Å². The fourth-order valence-electron chi connectivity index (χ4n) is 2.23. The second-order valence-electron chi connectivity index (χ2n) is 4.55. The lowest BCUT2D eigenvalue weighted by molar-refractivity contribution is -0.139. The Hall–Kier alpha value is -0.940. The van der Waals surface area contributed by atoms with Crippen molar-refractivity contribution in [2.75, 3.05) is 6.54 Å². The van der Waals surface area contributed by atoms with E-state index in [4.69, 9.17) is 18.0 Å². The van der Waals surface area contributed by atoms with E-state index in [1.54, 1.807) is 11.3 Å². The predicted molar refractivity (Wildman–Crippen MR) is 85.2 cm³/mol. The Morgan fingerprint density at radius 1 is 1.42 bits per heavy atom. The molecule has 19 heavy (non-hydrogen) atoms. The van der Waals surface area contributed by atoms with Gasteiger partial charge in [0.15, 0.2) is 0 Å². The summed E-state index contributed by atoms with van der Waals surface area (Å²) in [6, 6.07) is 4.04. The van der Waals surface area contributed by atoms with Gasteiger partial charge in [0.2, 0.25) is 5.91 Å². The van der Waals surface area contributed by atoms with Crippen LogP contribution >= 0.6 is 23.6 Å². The monoisotopic (exact) mass is 298 g/mol. The van der Waals surface area contributed by atoms with E-state index in [9.17, 15) is 4.79 Å². The van der Waals surface area contributed by atoms with Crippen molar-refractivity contribution >= 4 is 34.5 Å². The van der Waals surface area contributed by atoms with E-state index >= 15 is 0 Å². The highest BCUT2D eigenvalue weighted by Crippen LogP contribution is 2.30. The molecule has 0 radical (unpaired) electrons. The zero-order chi connectivity index (χ0) is 14.5. The lowest BCUT2D eigenvalue weighted by Crippen LogP contribution is -2.49. The van der Waals surface area contributed by atoms with Gasteiger partial charge >= 0.3 is 0 Å². The number of amides is 1. The number of nitrogens with two attached hydrogens (primary N) is 1. The molecule has 0 atom stereocenters. The van der Waals surface area contributed by atoms with Crippen LogP contribution in [0.4, 0.5) is 0 Å². The molecule has 0 bridgehead atoms. The van der Waals surface area contributed by atoms with Gasteiger partial charge < -0.3 is 10.6 Å². The normalized spacial score (nSPS) is 11.3. The number of carbonyl (C=O) groups is 1. The van der Waals surface area contributed by atoms with Crippen molar-refractivity contribution in [2.45, 2.75) is 40.2 Å². The average molecular weight is 298 g/mol. The van der Waals surface area contributed by atoms with Crippen LogP contribution < -0.4 is 5.73 Å². The van der Waals surface area contributed by atoms with Crippen LogP contribution in [-0.4, -0.2) is 22.3 Å². The summed E-state index contributed by atoms with van der Waals surface area (Å²) in [4.78, 5) is 16.1. The van der Waals surface area contributed by atoms with Crippen molar-refractivity contribution in [1.29, 1.82) is 0 Å². The van der Waals surface area contributed by atoms with Crippen LogP contribution in [0.25, 0.3) is 0 Å². The van der Waals surface area contributed by atoms with Crippen molar-refractivity contribution in [2.24, 2.45) is 11.1 Å². The highest BCUT2D eigenvalue weighted by atomic mass is 32.1. The van der Waals surface area contributed by atoms with E-state index in [1.165, 1.54) is 4.88 Å². The zero-order valence-electron chi connectivity index (χ0n) is 11.8. The molecule has 0 aliphatic rings. The highest BCUT2D eigenvalue weighted by Gasteiger charge is 2.40. The fourth-order valence-corrected chi connectivity index (χ4v) is 3.32. The van der Waals surface area contributed by atoms with Crippen molar-refractivity contribution < 1.29 is 4.79 Å². The Bertz CT molecular complexity index is 425. The number of thiophene rings is 1. The van der Waals surface area contributed by atoms with Crippen LogP contribution in [0.5, 0.6) is 0 Å². The van der Waals surface area contributed by atoms with E-state index in [0.29, 0.717) is 30.9 Å². The molecule has 3 nitrogen and oxygen atoms in total. The van der Waals surface area contributed by atoms with Crippen LogP contribution in [0.2, 0.25) is 0 Å². The first-order valence-electron chi connectivity index (χ1n) is 6.63. The Labute approximate surface area is 124 Å². The number of hydrogen-bond donors (Lipinski definition) is 1. The van der Waals surface area contributed by atoms with Gasteiger partial charge in [0, 0.05) is 11.4 Å². The van der Waals surface area contributed by atoms with Crippen LogP contribution in [0.15, 0.2) is 17.5 Å². The average Bonchev–Trinajstić information content (AvgIpc) is 2.90. The standard InChI is InChI=1S/C14H22N2OS2/c1-4-14(5-2,12(15)18)13(17)16(6-3)10-11-8-7-9-19-11/h7-9H,4-6,10H2,1-3H3,(H2,15,18). The first-order chi connectivity index (χ1) is 9.01. The van der Waals surface area contributed by atoms with E-state index in [2.05, 4.69) is 0 Å². The van der Waals surface area contributed by atoms with E-state index in [1.807, 2.05) is 43.2 Å². The molecular weight excluding hydrogens is 276 g/mol. The Balaban J connectivity index is 2.96. The molecule has 106 valence electrons. The minimum absolute atomic E-state index is 0.0564. The van der Waals surface area contributed by atoms with E-state index < -0.39 is 5.41 Å². The number of hydrogen-bond acceptors (Lipinski definition) is 3. The predicted octanol–water partition coefficient (Wildman–Crippen LogP) is 3.19. The lowest BCUT2D eigenvalue weighted by atomic mass is 9.80. The number of carbonyl (C=O) groups excluding carboxylic acids is 1. The summed E-state index contributed by atoms with van der Waals surface area (Å²) in [6.45, 7) is 7.23. The third-order valence-corrected chi connectivity index (χ3v) is 4.94. The molecule has 0 spiro atoms. The van der Waals surface area contributed by atoms with E-state index in [-0.39, 0.29) is 5.91 Å². The van der Waals surface area contributed by atoms with Crippen LogP contribution in [-0.2, 0) is 11.3 Å².